The number of carbonyl (C=O) groups is 1. The number of pyridine rings is 1. The molecule has 1 aromatic rings. The molecule has 0 spiro atoms. The molecule has 1 fully saturated rings. The summed E-state index contributed by atoms with van der Waals surface area (Å²) in [7, 11) is 0. The molecular formula is C12H18N4O3. The lowest BCUT2D eigenvalue weighted by atomic mass is 10.2. The fourth-order valence-electron chi connectivity index (χ4n) is 1.97. The Morgan fingerprint density at radius 3 is 3.16 bits per heavy atom. The molecule has 4 N–H and O–H groups in total. The molecule has 0 bridgehead atoms. The van der Waals surface area contributed by atoms with Crippen molar-refractivity contribution in [1.82, 2.24) is 9.88 Å². The van der Waals surface area contributed by atoms with Crippen LogP contribution in [0.2, 0.25) is 0 Å². The number of rotatable bonds is 3. The first kappa shape index (κ1) is 13.4. The summed E-state index contributed by atoms with van der Waals surface area (Å²) < 4.78 is 5.51. The van der Waals surface area contributed by atoms with E-state index in [1.165, 1.54) is 4.90 Å². The van der Waals surface area contributed by atoms with Crippen LogP contribution in [0, 0.1) is 6.92 Å². The lowest BCUT2D eigenvalue weighted by molar-refractivity contribution is -0.0147. The fourth-order valence-corrected chi connectivity index (χ4v) is 1.97. The molecule has 1 amide bonds. The smallest absolute Gasteiger partial charge is 0.407 e. The summed E-state index contributed by atoms with van der Waals surface area (Å²) in [6, 6.07) is 3.72. The van der Waals surface area contributed by atoms with Gasteiger partial charge in [0.25, 0.3) is 0 Å². The Kier molecular flexibility index (Phi) is 4.06. The Balaban J connectivity index is 1.89. The highest BCUT2D eigenvalue weighted by atomic mass is 16.5. The minimum atomic E-state index is -0.912. The molecular weight excluding hydrogens is 248 g/mol. The van der Waals surface area contributed by atoms with Gasteiger partial charge in [0.2, 0.25) is 0 Å². The Labute approximate surface area is 111 Å². The predicted octanol–water partition coefficient (Wildman–Crippen LogP) is 0.763. The van der Waals surface area contributed by atoms with Crippen LogP contribution in [0.15, 0.2) is 12.1 Å². The van der Waals surface area contributed by atoms with Crippen LogP contribution >= 0.6 is 0 Å². The number of nitrogens with two attached hydrogens (primary N) is 1. The molecule has 0 saturated carbocycles. The van der Waals surface area contributed by atoms with Gasteiger partial charge in [0.1, 0.15) is 5.82 Å². The number of ether oxygens (including phenoxy) is 1. The lowest BCUT2D eigenvalue weighted by Crippen LogP contribution is -2.47. The standard InChI is InChI=1S/C12H18N4O3/c1-8-2-3-10(11(13)15-8)14-6-9-7-16(12(17)18)4-5-19-9/h2-3,9,14H,4-7H2,1H3,(H2,13,15)(H,17,18). The van der Waals surface area contributed by atoms with Gasteiger partial charge in [-0.25, -0.2) is 9.78 Å². The number of nitrogens with zero attached hydrogens (tertiary/aromatic N) is 2. The van der Waals surface area contributed by atoms with Gasteiger partial charge in [-0.2, -0.15) is 0 Å². The van der Waals surface area contributed by atoms with E-state index in [1.807, 2.05) is 19.1 Å². The molecule has 0 aromatic carbocycles. The molecule has 19 heavy (non-hydrogen) atoms. The van der Waals surface area contributed by atoms with Crippen molar-refractivity contribution in [3.8, 4) is 0 Å². The fraction of sp³-hybridized carbons (Fsp3) is 0.500. The van der Waals surface area contributed by atoms with E-state index in [-0.39, 0.29) is 6.10 Å². The summed E-state index contributed by atoms with van der Waals surface area (Å²) >= 11 is 0. The molecule has 1 aromatic heterocycles. The van der Waals surface area contributed by atoms with E-state index in [0.29, 0.717) is 32.1 Å². The van der Waals surface area contributed by atoms with Crippen LogP contribution in [0.5, 0.6) is 0 Å². The van der Waals surface area contributed by atoms with Crippen molar-refractivity contribution >= 4 is 17.6 Å². The van der Waals surface area contributed by atoms with Crippen LogP contribution in [0.4, 0.5) is 16.3 Å². The Morgan fingerprint density at radius 2 is 2.47 bits per heavy atom. The Morgan fingerprint density at radius 1 is 1.68 bits per heavy atom. The zero-order valence-corrected chi connectivity index (χ0v) is 10.8. The van der Waals surface area contributed by atoms with Crippen molar-refractivity contribution in [2.45, 2.75) is 13.0 Å². The van der Waals surface area contributed by atoms with Gasteiger partial charge in [0.15, 0.2) is 0 Å². The van der Waals surface area contributed by atoms with Gasteiger partial charge in [0.05, 0.1) is 24.9 Å². The van der Waals surface area contributed by atoms with Gasteiger partial charge >= 0.3 is 6.09 Å². The van der Waals surface area contributed by atoms with Crippen LogP contribution in [0.3, 0.4) is 0 Å². The van der Waals surface area contributed by atoms with Crippen molar-refractivity contribution in [2.24, 2.45) is 0 Å². The average Bonchev–Trinajstić information content (AvgIpc) is 2.38. The van der Waals surface area contributed by atoms with E-state index >= 15 is 0 Å². The maximum absolute atomic E-state index is 10.9. The maximum atomic E-state index is 10.9. The summed E-state index contributed by atoms with van der Waals surface area (Å²) in [6.07, 6.45) is -1.09. The molecule has 0 aliphatic carbocycles. The summed E-state index contributed by atoms with van der Waals surface area (Å²) in [4.78, 5) is 16.4. The molecule has 1 aliphatic heterocycles. The number of anilines is 2. The highest BCUT2D eigenvalue weighted by molar-refractivity contribution is 5.65. The van der Waals surface area contributed by atoms with Crippen molar-refractivity contribution in [2.75, 3.05) is 37.3 Å². The highest BCUT2D eigenvalue weighted by Crippen LogP contribution is 2.16. The van der Waals surface area contributed by atoms with Crippen molar-refractivity contribution < 1.29 is 14.6 Å². The summed E-state index contributed by atoms with van der Waals surface area (Å²) in [6.45, 7) is 3.57. The Hall–Kier alpha value is -2.02. The van der Waals surface area contributed by atoms with E-state index in [2.05, 4.69) is 10.3 Å². The van der Waals surface area contributed by atoms with Crippen molar-refractivity contribution in [1.29, 1.82) is 0 Å². The third-order valence-corrected chi connectivity index (χ3v) is 2.99. The second-order valence-electron chi connectivity index (χ2n) is 4.49. The maximum Gasteiger partial charge on any atom is 0.407 e. The second kappa shape index (κ2) is 5.75. The number of aromatic nitrogens is 1. The largest absolute Gasteiger partial charge is 0.465 e. The first-order chi connectivity index (χ1) is 9.06. The lowest BCUT2D eigenvalue weighted by Gasteiger charge is -2.31. The average molecular weight is 266 g/mol. The van der Waals surface area contributed by atoms with Gasteiger partial charge in [0, 0.05) is 18.8 Å². The number of amides is 1. The SMILES string of the molecule is Cc1ccc(NCC2CN(C(=O)O)CCO2)c(N)n1. The number of aryl methyl sites for hydroxylation is 1. The summed E-state index contributed by atoms with van der Waals surface area (Å²) in [5.41, 5.74) is 7.39. The molecule has 1 aliphatic rings. The molecule has 7 nitrogen and oxygen atoms in total. The zero-order valence-electron chi connectivity index (χ0n) is 10.8. The summed E-state index contributed by atoms with van der Waals surface area (Å²) in [5, 5.41) is 12.1. The first-order valence-electron chi connectivity index (χ1n) is 6.12. The number of hydrogen-bond acceptors (Lipinski definition) is 5. The summed E-state index contributed by atoms with van der Waals surface area (Å²) in [5.74, 6) is 0.436. The third-order valence-electron chi connectivity index (χ3n) is 2.99. The zero-order chi connectivity index (χ0) is 13.8. The van der Waals surface area contributed by atoms with Crippen LogP contribution in [0.1, 0.15) is 5.69 Å². The van der Waals surface area contributed by atoms with Gasteiger partial charge in [-0.1, -0.05) is 0 Å². The predicted molar refractivity (Wildman–Crippen MR) is 71.2 cm³/mol. The molecule has 1 saturated heterocycles. The van der Waals surface area contributed by atoms with E-state index in [0.717, 1.165) is 11.4 Å². The van der Waals surface area contributed by atoms with Gasteiger partial charge < -0.3 is 25.8 Å². The van der Waals surface area contributed by atoms with Crippen molar-refractivity contribution in [3.63, 3.8) is 0 Å². The van der Waals surface area contributed by atoms with Crippen LogP contribution < -0.4 is 11.1 Å². The normalized spacial score (nSPS) is 19.2. The molecule has 7 heteroatoms. The van der Waals surface area contributed by atoms with E-state index in [1.54, 1.807) is 0 Å². The van der Waals surface area contributed by atoms with Crippen LogP contribution in [0.25, 0.3) is 0 Å². The van der Waals surface area contributed by atoms with Crippen LogP contribution in [-0.4, -0.2) is 53.4 Å². The van der Waals surface area contributed by atoms with E-state index in [9.17, 15) is 4.79 Å². The molecule has 1 unspecified atom stereocenters. The number of carboxylic acid groups (broad SMARTS) is 1. The first-order valence-corrected chi connectivity index (χ1v) is 6.12. The molecule has 104 valence electrons. The molecule has 1 atom stereocenters. The van der Waals surface area contributed by atoms with Crippen LogP contribution in [-0.2, 0) is 4.74 Å². The Bertz CT molecular complexity index is 466. The minimum absolute atomic E-state index is 0.175. The van der Waals surface area contributed by atoms with Gasteiger partial charge in [-0.05, 0) is 19.1 Å². The quantitative estimate of drug-likeness (QED) is 0.747. The van der Waals surface area contributed by atoms with E-state index in [4.69, 9.17) is 15.6 Å². The highest BCUT2D eigenvalue weighted by Gasteiger charge is 2.23. The monoisotopic (exact) mass is 266 g/mol. The van der Waals surface area contributed by atoms with Gasteiger partial charge in [-0.3, -0.25) is 0 Å². The number of hydrogen-bond donors (Lipinski definition) is 3. The minimum Gasteiger partial charge on any atom is -0.465 e. The third kappa shape index (κ3) is 3.47. The number of nitrogens with one attached hydrogen (secondary N) is 1. The topological polar surface area (TPSA) is 101 Å². The second-order valence-corrected chi connectivity index (χ2v) is 4.49. The van der Waals surface area contributed by atoms with Gasteiger partial charge in [-0.15, -0.1) is 0 Å². The molecule has 2 heterocycles. The molecule has 2 rings (SSSR count). The number of morpholine rings is 1. The van der Waals surface area contributed by atoms with E-state index < -0.39 is 6.09 Å². The van der Waals surface area contributed by atoms with Crippen molar-refractivity contribution in [3.05, 3.63) is 17.8 Å². The number of nitrogen functional groups attached to an aromatic ring is 1. The molecule has 0 radical (unpaired) electrons.